The Balaban J connectivity index is 2.19. The molecule has 0 saturated carbocycles. The zero-order valence-corrected chi connectivity index (χ0v) is 9.63. The van der Waals surface area contributed by atoms with Crippen LogP contribution in [0.2, 0.25) is 0 Å². The number of thiazole rings is 1. The SMILES string of the molecule is NC(=O)c1csc([C@@H]2O[C@H](CO)[C@@H](O)[C@H]2N)n1. The highest BCUT2D eigenvalue weighted by atomic mass is 32.1. The monoisotopic (exact) mass is 259 g/mol. The smallest absolute Gasteiger partial charge is 0.268 e. The average Bonchev–Trinajstić information content (AvgIpc) is 2.87. The van der Waals surface area contributed by atoms with Gasteiger partial charge in [0.1, 0.15) is 29.0 Å². The van der Waals surface area contributed by atoms with Crippen LogP contribution >= 0.6 is 11.3 Å². The predicted molar refractivity (Wildman–Crippen MR) is 59.3 cm³/mol. The lowest BCUT2D eigenvalue weighted by atomic mass is 10.1. The molecule has 0 aromatic carbocycles. The number of hydrogen-bond acceptors (Lipinski definition) is 7. The molecule has 17 heavy (non-hydrogen) atoms. The van der Waals surface area contributed by atoms with Gasteiger partial charge in [0, 0.05) is 5.38 Å². The van der Waals surface area contributed by atoms with Crippen molar-refractivity contribution in [3.63, 3.8) is 0 Å². The number of aliphatic hydroxyl groups excluding tert-OH is 2. The number of aromatic nitrogens is 1. The van der Waals surface area contributed by atoms with Crippen molar-refractivity contribution < 1.29 is 19.7 Å². The Morgan fingerprint density at radius 2 is 2.35 bits per heavy atom. The highest BCUT2D eigenvalue weighted by Gasteiger charge is 2.43. The lowest BCUT2D eigenvalue weighted by Gasteiger charge is -2.12. The number of nitrogens with two attached hydrogens (primary N) is 2. The van der Waals surface area contributed by atoms with Gasteiger partial charge in [0.15, 0.2) is 0 Å². The largest absolute Gasteiger partial charge is 0.394 e. The van der Waals surface area contributed by atoms with Gasteiger partial charge in [-0.25, -0.2) is 4.98 Å². The normalized spacial score (nSPS) is 32.9. The molecular formula is C9H13N3O4S. The first kappa shape index (κ1) is 12.4. The van der Waals surface area contributed by atoms with E-state index in [-0.39, 0.29) is 12.3 Å². The summed E-state index contributed by atoms with van der Waals surface area (Å²) in [6, 6.07) is -0.681. The number of aliphatic hydroxyl groups is 2. The van der Waals surface area contributed by atoms with E-state index in [0.717, 1.165) is 0 Å². The summed E-state index contributed by atoms with van der Waals surface area (Å²) in [5.41, 5.74) is 11.0. The van der Waals surface area contributed by atoms with Crippen molar-refractivity contribution in [3.8, 4) is 0 Å². The standard InChI is InChI=1S/C9H13N3O4S/c10-5-6(14)4(1-13)16-7(5)9-12-3(2-17-9)8(11)15/h2,4-7,13-14H,1,10H2,(H2,11,15)/t4-,5-,6-,7-/m1/s1. The number of carbonyl (C=O) groups excluding carboxylic acids is 1. The number of hydrogen-bond donors (Lipinski definition) is 4. The minimum absolute atomic E-state index is 0.141. The quantitative estimate of drug-likeness (QED) is 0.515. The number of carbonyl (C=O) groups is 1. The van der Waals surface area contributed by atoms with Crippen LogP contribution in [0.4, 0.5) is 0 Å². The van der Waals surface area contributed by atoms with Gasteiger partial charge in [-0.2, -0.15) is 0 Å². The summed E-state index contributed by atoms with van der Waals surface area (Å²) < 4.78 is 5.39. The maximum Gasteiger partial charge on any atom is 0.268 e. The van der Waals surface area contributed by atoms with Gasteiger partial charge in [0.2, 0.25) is 0 Å². The molecule has 1 aromatic rings. The topological polar surface area (TPSA) is 132 Å². The molecule has 0 unspecified atom stereocenters. The molecule has 1 fully saturated rings. The molecule has 1 saturated heterocycles. The van der Waals surface area contributed by atoms with E-state index in [4.69, 9.17) is 21.3 Å². The van der Waals surface area contributed by atoms with E-state index in [2.05, 4.69) is 4.98 Å². The molecule has 0 bridgehead atoms. The van der Waals surface area contributed by atoms with Gasteiger partial charge in [0.25, 0.3) is 5.91 Å². The fourth-order valence-corrected chi connectivity index (χ4v) is 2.59. The Labute approximate surface area is 101 Å². The summed E-state index contributed by atoms with van der Waals surface area (Å²) in [7, 11) is 0. The van der Waals surface area contributed by atoms with E-state index < -0.39 is 30.3 Å². The fourth-order valence-electron chi connectivity index (χ4n) is 1.69. The third-order valence-corrected chi connectivity index (χ3v) is 3.55. The first-order valence-corrected chi connectivity index (χ1v) is 5.87. The zero-order valence-electron chi connectivity index (χ0n) is 8.81. The second-order valence-electron chi connectivity index (χ2n) is 3.78. The van der Waals surface area contributed by atoms with Gasteiger partial charge in [-0.15, -0.1) is 11.3 Å². The Morgan fingerprint density at radius 3 is 2.82 bits per heavy atom. The summed E-state index contributed by atoms with van der Waals surface area (Å²) in [5, 5.41) is 20.6. The molecule has 1 aromatic heterocycles. The number of ether oxygens (including phenoxy) is 1. The number of rotatable bonds is 3. The van der Waals surface area contributed by atoms with Crippen LogP contribution in [0.5, 0.6) is 0 Å². The molecule has 0 aliphatic carbocycles. The Morgan fingerprint density at radius 1 is 1.65 bits per heavy atom. The molecule has 2 heterocycles. The van der Waals surface area contributed by atoms with Crippen molar-refractivity contribution in [2.45, 2.75) is 24.4 Å². The molecular weight excluding hydrogens is 246 g/mol. The summed E-state index contributed by atoms with van der Waals surface area (Å²) in [4.78, 5) is 14.9. The molecule has 4 atom stereocenters. The lowest BCUT2D eigenvalue weighted by Crippen LogP contribution is -2.38. The maximum absolute atomic E-state index is 10.9. The van der Waals surface area contributed by atoms with E-state index in [9.17, 15) is 9.90 Å². The van der Waals surface area contributed by atoms with Crippen LogP contribution in [0.1, 0.15) is 21.6 Å². The molecule has 7 nitrogen and oxygen atoms in total. The average molecular weight is 259 g/mol. The van der Waals surface area contributed by atoms with Crippen LogP contribution in [0.3, 0.4) is 0 Å². The number of nitrogens with zero attached hydrogens (tertiary/aromatic N) is 1. The van der Waals surface area contributed by atoms with Gasteiger partial charge in [-0.3, -0.25) is 4.79 Å². The Bertz CT molecular complexity index is 424. The molecule has 1 aliphatic heterocycles. The van der Waals surface area contributed by atoms with Crippen LogP contribution in [0, 0.1) is 0 Å². The molecule has 1 amide bonds. The van der Waals surface area contributed by atoms with Crippen LogP contribution < -0.4 is 11.5 Å². The van der Waals surface area contributed by atoms with Crippen LogP contribution in [0.25, 0.3) is 0 Å². The molecule has 6 N–H and O–H groups in total. The third-order valence-electron chi connectivity index (χ3n) is 2.64. The molecule has 8 heteroatoms. The summed E-state index contributed by atoms with van der Waals surface area (Å²) >= 11 is 1.18. The Hall–Kier alpha value is -1.06. The minimum atomic E-state index is -0.953. The maximum atomic E-state index is 10.9. The van der Waals surface area contributed by atoms with Crippen LogP contribution in [-0.2, 0) is 4.74 Å². The van der Waals surface area contributed by atoms with E-state index in [0.29, 0.717) is 5.01 Å². The first-order valence-electron chi connectivity index (χ1n) is 4.99. The predicted octanol–water partition coefficient (Wildman–Crippen LogP) is -1.64. The highest BCUT2D eigenvalue weighted by Crippen LogP contribution is 2.33. The molecule has 0 radical (unpaired) electrons. The molecule has 94 valence electrons. The fraction of sp³-hybridized carbons (Fsp3) is 0.556. The van der Waals surface area contributed by atoms with Crippen LogP contribution in [0.15, 0.2) is 5.38 Å². The molecule has 1 aliphatic rings. The molecule has 0 spiro atoms. The minimum Gasteiger partial charge on any atom is -0.394 e. The van der Waals surface area contributed by atoms with Gasteiger partial charge in [0.05, 0.1) is 12.6 Å². The zero-order chi connectivity index (χ0) is 12.6. The second kappa shape index (κ2) is 4.67. The molecule has 2 rings (SSSR count). The Kier molecular flexibility index (Phi) is 3.40. The number of primary amides is 1. The summed E-state index contributed by atoms with van der Waals surface area (Å²) in [5.74, 6) is -0.627. The second-order valence-corrected chi connectivity index (χ2v) is 4.67. The van der Waals surface area contributed by atoms with Crippen LogP contribution in [-0.4, -0.2) is 46.0 Å². The van der Waals surface area contributed by atoms with Crippen molar-refractivity contribution in [2.75, 3.05) is 6.61 Å². The number of amides is 1. The van der Waals surface area contributed by atoms with Gasteiger partial charge >= 0.3 is 0 Å². The van der Waals surface area contributed by atoms with Crippen molar-refractivity contribution >= 4 is 17.2 Å². The first-order chi connectivity index (χ1) is 8.04. The van der Waals surface area contributed by atoms with E-state index in [1.807, 2.05) is 0 Å². The van der Waals surface area contributed by atoms with E-state index in [1.165, 1.54) is 16.7 Å². The van der Waals surface area contributed by atoms with E-state index >= 15 is 0 Å². The van der Waals surface area contributed by atoms with E-state index in [1.54, 1.807) is 0 Å². The summed E-state index contributed by atoms with van der Waals surface area (Å²) in [6.45, 7) is -0.320. The van der Waals surface area contributed by atoms with Crippen molar-refractivity contribution in [1.29, 1.82) is 0 Å². The van der Waals surface area contributed by atoms with Crippen molar-refractivity contribution in [2.24, 2.45) is 11.5 Å². The van der Waals surface area contributed by atoms with Gasteiger partial charge in [-0.1, -0.05) is 0 Å². The third kappa shape index (κ3) is 2.17. The highest BCUT2D eigenvalue weighted by molar-refractivity contribution is 7.09. The lowest BCUT2D eigenvalue weighted by molar-refractivity contribution is -0.0226. The van der Waals surface area contributed by atoms with Gasteiger partial charge < -0.3 is 26.4 Å². The van der Waals surface area contributed by atoms with Gasteiger partial charge in [-0.05, 0) is 0 Å². The van der Waals surface area contributed by atoms with Crippen molar-refractivity contribution in [1.82, 2.24) is 4.98 Å². The summed E-state index contributed by atoms with van der Waals surface area (Å²) in [6.07, 6.45) is -2.30. The van der Waals surface area contributed by atoms with Crippen molar-refractivity contribution in [3.05, 3.63) is 16.1 Å².